The number of ether oxygens (including phenoxy) is 1. The van der Waals surface area contributed by atoms with Crippen molar-refractivity contribution in [3.05, 3.63) is 29.6 Å². The van der Waals surface area contributed by atoms with E-state index in [0.29, 0.717) is 18.7 Å². The van der Waals surface area contributed by atoms with Crippen LogP contribution in [0, 0.1) is 5.82 Å². The van der Waals surface area contributed by atoms with Gasteiger partial charge >= 0.3 is 0 Å². The maximum absolute atomic E-state index is 13.3. The number of methoxy groups -OCH3 is 1. The molecule has 0 saturated carbocycles. The molecule has 0 aliphatic rings. The molecule has 6 heteroatoms. The first kappa shape index (κ1) is 15.7. The molecule has 1 aromatic carbocycles. The summed E-state index contributed by atoms with van der Waals surface area (Å²) < 4.78 is 18.1. The van der Waals surface area contributed by atoms with Gasteiger partial charge < -0.3 is 15.8 Å². The van der Waals surface area contributed by atoms with Gasteiger partial charge in [-0.1, -0.05) is 6.07 Å². The SMILES string of the molecule is COc1ccc(CNC(=O)CCN)cc1F.Cl. The predicted molar refractivity (Wildman–Crippen MR) is 65.7 cm³/mol. The number of hydrogen-bond acceptors (Lipinski definition) is 3. The fourth-order valence-corrected chi connectivity index (χ4v) is 1.24. The topological polar surface area (TPSA) is 64.3 Å². The van der Waals surface area contributed by atoms with E-state index in [-0.39, 0.29) is 30.5 Å². The summed E-state index contributed by atoms with van der Waals surface area (Å²) in [6.45, 7) is 0.600. The zero-order valence-electron chi connectivity index (χ0n) is 9.53. The van der Waals surface area contributed by atoms with Crippen molar-refractivity contribution in [1.82, 2.24) is 5.32 Å². The molecule has 1 amide bonds. The van der Waals surface area contributed by atoms with Crippen LogP contribution in [0.15, 0.2) is 18.2 Å². The van der Waals surface area contributed by atoms with Crippen LogP contribution in [0.5, 0.6) is 5.75 Å². The molecule has 0 atom stereocenters. The Morgan fingerprint density at radius 2 is 2.24 bits per heavy atom. The van der Waals surface area contributed by atoms with Gasteiger partial charge in [0, 0.05) is 19.5 Å². The van der Waals surface area contributed by atoms with E-state index in [0.717, 1.165) is 0 Å². The van der Waals surface area contributed by atoms with Crippen molar-refractivity contribution in [3.63, 3.8) is 0 Å². The van der Waals surface area contributed by atoms with E-state index in [1.54, 1.807) is 6.07 Å². The molecule has 0 heterocycles. The Hall–Kier alpha value is -1.33. The van der Waals surface area contributed by atoms with Crippen molar-refractivity contribution in [1.29, 1.82) is 0 Å². The molecule has 0 aliphatic heterocycles. The molecule has 0 spiro atoms. The molecule has 0 aliphatic carbocycles. The van der Waals surface area contributed by atoms with Crippen molar-refractivity contribution >= 4 is 18.3 Å². The monoisotopic (exact) mass is 262 g/mol. The summed E-state index contributed by atoms with van der Waals surface area (Å²) in [6, 6.07) is 4.56. The van der Waals surface area contributed by atoms with Crippen LogP contribution in [0.1, 0.15) is 12.0 Å². The summed E-state index contributed by atoms with van der Waals surface area (Å²) >= 11 is 0. The van der Waals surface area contributed by atoms with Crippen molar-refractivity contribution in [2.75, 3.05) is 13.7 Å². The average molecular weight is 263 g/mol. The smallest absolute Gasteiger partial charge is 0.221 e. The highest BCUT2D eigenvalue weighted by molar-refractivity contribution is 5.85. The first-order valence-corrected chi connectivity index (χ1v) is 4.96. The van der Waals surface area contributed by atoms with Crippen LogP contribution in [0.4, 0.5) is 4.39 Å². The van der Waals surface area contributed by atoms with Crippen LogP contribution in [-0.4, -0.2) is 19.6 Å². The number of nitrogens with one attached hydrogen (secondary N) is 1. The highest BCUT2D eigenvalue weighted by Gasteiger charge is 2.04. The largest absolute Gasteiger partial charge is 0.494 e. The number of benzene rings is 1. The van der Waals surface area contributed by atoms with Crippen molar-refractivity contribution in [3.8, 4) is 5.75 Å². The first-order valence-electron chi connectivity index (χ1n) is 4.96. The first-order chi connectivity index (χ1) is 7.67. The summed E-state index contributed by atoms with van der Waals surface area (Å²) in [5, 5.41) is 2.64. The van der Waals surface area contributed by atoms with Gasteiger partial charge in [-0.05, 0) is 17.7 Å². The Morgan fingerprint density at radius 3 is 2.76 bits per heavy atom. The van der Waals surface area contributed by atoms with Gasteiger partial charge in [0.2, 0.25) is 5.91 Å². The fraction of sp³-hybridized carbons (Fsp3) is 0.364. The number of amides is 1. The van der Waals surface area contributed by atoms with E-state index in [9.17, 15) is 9.18 Å². The van der Waals surface area contributed by atoms with Gasteiger partial charge in [0.05, 0.1) is 7.11 Å². The average Bonchev–Trinajstić information content (AvgIpc) is 2.27. The van der Waals surface area contributed by atoms with Crippen LogP contribution >= 0.6 is 12.4 Å². The van der Waals surface area contributed by atoms with E-state index in [2.05, 4.69) is 5.32 Å². The van der Waals surface area contributed by atoms with Crippen LogP contribution in [-0.2, 0) is 11.3 Å². The second-order valence-electron chi connectivity index (χ2n) is 3.28. The van der Waals surface area contributed by atoms with Crippen molar-refractivity contribution in [2.24, 2.45) is 5.73 Å². The fourth-order valence-electron chi connectivity index (χ4n) is 1.24. The van der Waals surface area contributed by atoms with Gasteiger partial charge in [0.1, 0.15) is 0 Å². The molecule has 1 rings (SSSR count). The quantitative estimate of drug-likeness (QED) is 0.839. The number of hydrogen-bond donors (Lipinski definition) is 2. The summed E-state index contributed by atoms with van der Waals surface area (Å²) in [5.74, 6) is -0.385. The molecule has 0 unspecified atom stereocenters. The van der Waals surface area contributed by atoms with Gasteiger partial charge in [-0.2, -0.15) is 0 Å². The number of carbonyl (C=O) groups is 1. The minimum atomic E-state index is -0.437. The van der Waals surface area contributed by atoms with Crippen LogP contribution in [0.3, 0.4) is 0 Å². The van der Waals surface area contributed by atoms with E-state index in [4.69, 9.17) is 10.5 Å². The second-order valence-corrected chi connectivity index (χ2v) is 3.28. The number of nitrogens with two attached hydrogens (primary N) is 1. The van der Waals surface area contributed by atoms with E-state index in [1.807, 2.05) is 0 Å². The Bertz CT molecular complexity index is 374. The molecular formula is C11H16ClFN2O2. The summed E-state index contributed by atoms with van der Waals surface area (Å²) in [7, 11) is 1.40. The molecule has 0 fully saturated rings. The molecule has 96 valence electrons. The van der Waals surface area contributed by atoms with E-state index in [1.165, 1.54) is 19.2 Å². The van der Waals surface area contributed by atoms with E-state index < -0.39 is 5.82 Å². The second kappa shape index (κ2) is 7.86. The lowest BCUT2D eigenvalue weighted by Crippen LogP contribution is -2.25. The van der Waals surface area contributed by atoms with Crippen LogP contribution in [0.2, 0.25) is 0 Å². The predicted octanol–water partition coefficient (Wildman–Crippen LogP) is 1.22. The van der Waals surface area contributed by atoms with Gasteiger partial charge in [0.15, 0.2) is 11.6 Å². The van der Waals surface area contributed by atoms with Crippen molar-refractivity contribution < 1.29 is 13.9 Å². The van der Waals surface area contributed by atoms with E-state index >= 15 is 0 Å². The molecule has 4 nitrogen and oxygen atoms in total. The standard InChI is InChI=1S/C11H15FN2O2.ClH/c1-16-10-3-2-8(6-9(10)12)7-14-11(15)4-5-13;/h2-3,6H,4-5,7,13H2,1H3,(H,14,15);1H. The normalized spacial score (nSPS) is 9.35. The van der Waals surface area contributed by atoms with Gasteiger partial charge in [-0.25, -0.2) is 4.39 Å². The molecule has 0 aromatic heterocycles. The molecule has 0 radical (unpaired) electrons. The number of rotatable bonds is 5. The van der Waals surface area contributed by atoms with Gasteiger partial charge in [-0.3, -0.25) is 4.79 Å². The summed E-state index contributed by atoms with van der Waals surface area (Å²) in [4.78, 5) is 11.1. The third kappa shape index (κ3) is 5.01. The Balaban J connectivity index is 0.00000256. The number of halogens is 2. The molecule has 17 heavy (non-hydrogen) atoms. The lowest BCUT2D eigenvalue weighted by Gasteiger charge is -2.06. The molecule has 0 bridgehead atoms. The Kier molecular flexibility index (Phi) is 7.25. The van der Waals surface area contributed by atoms with Crippen molar-refractivity contribution in [2.45, 2.75) is 13.0 Å². The molecule has 0 saturated heterocycles. The van der Waals surface area contributed by atoms with Gasteiger partial charge in [-0.15, -0.1) is 12.4 Å². The summed E-state index contributed by atoms with van der Waals surface area (Å²) in [6.07, 6.45) is 0.276. The third-order valence-corrected chi connectivity index (χ3v) is 2.08. The lowest BCUT2D eigenvalue weighted by atomic mass is 10.2. The third-order valence-electron chi connectivity index (χ3n) is 2.08. The molecule has 3 N–H and O–H groups in total. The van der Waals surface area contributed by atoms with Gasteiger partial charge in [0.25, 0.3) is 0 Å². The highest BCUT2D eigenvalue weighted by Crippen LogP contribution is 2.17. The maximum atomic E-state index is 13.3. The summed E-state index contributed by atoms with van der Waals surface area (Å²) in [5.41, 5.74) is 5.91. The Morgan fingerprint density at radius 1 is 1.53 bits per heavy atom. The molecule has 1 aromatic rings. The van der Waals surface area contributed by atoms with Crippen LogP contribution < -0.4 is 15.8 Å². The minimum absolute atomic E-state index is 0. The van der Waals surface area contributed by atoms with Crippen LogP contribution in [0.25, 0.3) is 0 Å². The zero-order chi connectivity index (χ0) is 12.0. The highest BCUT2D eigenvalue weighted by atomic mass is 35.5. The number of carbonyl (C=O) groups excluding carboxylic acids is 1. The lowest BCUT2D eigenvalue weighted by molar-refractivity contribution is -0.121. The molecular weight excluding hydrogens is 247 g/mol. The maximum Gasteiger partial charge on any atom is 0.221 e. The Labute approximate surface area is 106 Å². The zero-order valence-corrected chi connectivity index (χ0v) is 10.3. The minimum Gasteiger partial charge on any atom is -0.494 e.